The van der Waals surface area contributed by atoms with Crippen LogP contribution in [0.1, 0.15) is 20.9 Å². The fraction of sp³-hybridized carbons (Fsp3) is 0.261. The first kappa shape index (κ1) is 22.1. The zero-order valence-electron chi connectivity index (χ0n) is 17.9. The molecule has 2 aromatic carbocycles. The molecule has 0 aliphatic carbocycles. The number of nitrogens with zero attached hydrogens (tertiary/aromatic N) is 3. The first-order valence-electron chi connectivity index (χ1n) is 10.3. The molecule has 3 aromatic rings. The molecule has 1 saturated heterocycles. The fourth-order valence-electron chi connectivity index (χ4n) is 3.61. The number of halogens is 1. The summed E-state index contributed by atoms with van der Waals surface area (Å²) in [7, 11) is 0. The molecule has 1 fully saturated rings. The molecule has 2 heterocycles. The minimum Gasteiger partial charge on any atom is -0.368 e. The summed E-state index contributed by atoms with van der Waals surface area (Å²) in [6.45, 7) is 6.43. The molecular weight excluding hydrogens is 446 g/mol. The van der Waals surface area contributed by atoms with Crippen LogP contribution in [0.3, 0.4) is 0 Å². The second kappa shape index (κ2) is 9.58. The summed E-state index contributed by atoms with van der Waals surface area (Å²) in [5.41, 5.74) is 3.42. The van der Waals surface area contributed by atoms with Gasteiger partial charge in [-0.25, -0.2) is 9.78 Å². The maximum absolute atomic E-state index is 13.1. The Morgan fingerprint density at radius 2 is 1.75 bits per heavy atom. The van der Waals surface area contributed by atoms with Gasteiger partial charge >= 0.3 is 6.03 Å². The summed E-state index contributed by atoms with van der Waals surface area (Å²) in [6.07, 6.45) is 0. The van der Waals surface area contributed by atoms with E-state index < -0.39 is 6.03 Å². The van der Waals surface area contributed by atoms with E-state index >= 15 is 0 Å². The molecule has 1 aromatic heterocycles. The number of carbonyl (C=O) groups is 2. The molecule has 0 radical (unpaired) electrons. The Labute approximate surface area is 196 Å². The Morgan fingerprint density at radius 3 is 2.47 bits per heavy atom. The number of urea groups is 1. The monoisotopic (exact) mass is 469 g/mol. The lowest BCUT2D eigenvalue weighted by atomic mass is 10.2. The number of piperazine rings is 1. The molecule has 2 N–H and O–H groups in total. The lowest BCUT2D eigenvalue weighted by Crippen LogP contribution is -2.48. The molecule has 4 rings (SSSR count). The van der Waals surface area contributed by atoms with E-state index in [2.05, 4.69) is 20.5 Å². The van der Waals surface area contributed by atoms with Crippen LogP contribution < -0.4 is 15.5 Å². The number of thiazole rings is 1. The van der Waals surface area contributed by atoms with Crippen molar-refractivity contribution in [2.45, 2.75) is 13.8 Å². The van der Waals surface area contributed by atoms with E-state index in [1.165, 1.54) is 11.3 Å². The second-order valence-corrected chi connectivity index (χ2v) is 9.08. The van der Waals surface area contributed by atoms with Crippen LogP contribution in [0.5, 0.6) is 0 Å². The largest absolute Gasteiger partial charge is 0.368 e. The van der Waals surface area contributed by atoms with Crippen molar-refractivity contribution in [2.24, 2.45) is 0 Å². The quantitative estimate of drug-likeness (QED) is 0.562. The molecule has 0 atom stereocenters. The Hall–Kier alpha value is -3.10. The predicted molar refractivity (Wildman–Crippen MR) is 130 cm³/mol. The van der Waals surface area contributed by atoms with E-state index in [1.54, 1.807) is 6.92 Å². The number of amides is 3. The minimum absolute atomic E-state index is 0.0575. The van der Waals surface area contributed by atoms with Crippen LogP contribution in [0.15, 0.2) is 48.5 Å². The Morgan fingerprint density at radius 1 is 1.00 bits per heavy atom. The van der Waals surface area contributed by atoms with Gasteiger partial charge in [-0.2, -0.15) is 0 Å². The standard InChI is InChI=1S/C23H24ClN5O2S/c1-15-5-3-7-18(13-15)26-22(31)27-23-25-16(2)20(32-23)21(30)29-11-9-28(10-12-29)19-8-4-6-17(24)14-19/h3-8,13-14H,9-12H2,1-2H3,(H2,25,26,27,31). The number of benzene rings is 2. The van der Waals surface area contributed by atoms with E-state index in [4.69, 9.17) is 11.6 Å². The highest BCUT2D eigenvalue weighted by atomic mass is 35.5. The molecule has 1 aliphatic heterocycles. The van der Waals surface area contributed by atoms with Gasteiger partial charge in [-0.1, -0.05) is 41.1 Å². The van der Waals surface area contributed by atoms with E-state index in [9.17, 15) is 9.59 Å². The predicted octanol–water partition coefficient (Wildman–Crippen LogP) is 5.02. The number of aromatic nitrogens is 1. The second-order valence-electron chi connectivity index (χ2n) is 7.64. The molecule has 0 saturated carbocycles. The van der Waals surface area contributed by atoms with Crippen LogP contribution >= 0.6 is 22.9 Å². The highest BCUT2D eigenvalue weighted by molar-refractivity contribution is 7.17. The number of aryl methyl sites for hydroxylation is 2. The lowest BCUT2D eigenvalue weighted by molar-refractivity contribution is 0.0750. The van der Waals surface area contributed by atoms with Gasteiger partial charge in [0.25, 0.3) is 5.91 Å². The fourth-order valence-corrected chi connectivity index (χ4v) is 4.73. The Balaban J connectivity index is 1.36. The molecule has 0 bridgehead atoms. The van der Waals surface area contributed by atoms with Crippen molar-refractivity contribution in [1.29, 1.82) is 0 Å². The molecule has 0 unspecified atom stereocenters. The summed E-state index contributed by atoms with van der Waals surface area (Å²) in [6, 6.07) is 14.9. The van der Waals surface area contributed by atoms with Crippen LogP contribution in [0.25, 0.3) is 0 Å². The van der Waals surface area contributed by atoms with Crippen LogP contribution in [-0.4, -0.2) is 48.0 Å². The first-order valence-corrected chi connectivity index (χ1v) is 11.5. The number of carbonyl (C=O) groups excluding carboxylic acids is 2. The van der Waals surface area contributed by atoms with Crippen LogP contribution in [0.2, 0.25) is 5.02 Å². The minimum atomic E-state index is -0.390. The van der Waals surface area contributed by atoms with Gasteiger partial charge in [0.2, 0.25) is 0 Å². The molecule has 7 nitrogen and oxygen atoms in total. The first-order chi connectivity index (χ1) is 15.4. The molecule has 0 spiro atoms. The van der Waals surface area contributed by atoms with Crippen molar-refractivity contribution in [1.82, 2.24) is 9.88 Å². The van der Waals surface area contributed by atoms with Crippen molar-refractivity contribution in [3.63, 3.8) is 0 Å². The topological polar surface area (TPSA) is 77.6 Å². The van der Waals surface area contributed by atoms with Gasteiger partial charge < -0.3 is 15.1 Å². The molecule has 3 amide bonds. The average Bonchev–Trinajstić information content (AvgIpc) is 3.13. The SMILES string of the molecule is Cc1cccc(NC(=O)Nc2nc(C)c(C(=O)N3CCN(c4cccc(Cl)c4)CC3)s2)c1. The summed E-state index contributed by atoms with van der Waals surface area (Å²) in [5, 5.41) is 6.61. The van der Waals surface area contributed by atoms with Crippen LogP contribution in [0, 0.1) is 13.8 Å². The van der Waals surface area contributed by atoms with Crippen molar-refractivity contribution < 1.29 is 9.59 Å². The maximum Gasteiger partial charge on any atom is 0.325 e. The number of hydrogen-bond acceptors (Lipinski definition) is 5. The normalized spacial score (nSPS) is 13.7. The highest BCUT2D eigenvalue weighted by Gasteiger charge is 2.26. The van der Waals surface area contributed by atoms with Gasteiger partial charge in [-0.3, -0.25) is 10.1 Å². The Kier molecular flexibility index (Phi) is 6.62. The third-order valence-electron chi connectivity index (χ3n) is 5.23. The van der Waals surface area contributed by atoms with Crippen molar-refractivity contribution >= 4 is 51.4 Å². The summed E-state index contributed by atoms with van der Waals surface area (Å²) in [4.78, 5) is 34.4. The van der Waals surface area contributed by atoms with E-state index in [1.807, 2.05) is 60.4 Å². The van der Waals surface area contributed by atoms with Gasteiger partial charge in [-0.15, -0.1) is 0 Å². The van der Waals surface area contributed by atoms with Gasteiger partial charge in [0, 0.05) is 42.6 Å². The molecule has 166 valence electrons. The Bertz CT molecular complexity index is 1140. The number of rotatable bonds is 4. The van der Waals surface area contributed by atoms with Crippen LogP contribution in [0.4, 0.5) is 21.3 Å². The molecule has 1 aliphatic rings. The van der Waals surface area contributed by atoms with E-state index in [0.29, 0.717) is 39.5 Å². The lowest BCUT2D eigenvalue weighted by Gasteiger charge is -2.36. The molecule has 9 heteroatoms. The van der Waals surface area contributed by atoms with Crippen LogP contribution in [-0.2, 0) is 0 Å². The number of anilines is 3. The number of nitrogens with one attached hydrogen (secondary N) is 2. The molecule has 32 heavy (non-hydrogen) atoms. The smallest absolute Gasteiger partial charge is 0.325 e. The average molecular weight is 470 g/mol. The van der Waals surface area contributed by atoms with Crippen molar-refractivity contribution in [3.8, 4) is 0 Å². The third-order valence-corrected chi connectivity index (χ3v) is 6.52. The summed E-state index contributed by atoms with van der Waals surface area (Å²) >= 11 is 7.30. The van der Waals surface area contributed by atoms with Gasteiger partial charge in [0.15, 0.2) is 5.13 Å². The van der Waals surface area contributed by atoms with Crippen molar-refractivity contribution in [2.75, 3.05) is 41.7 Å². The number of hydrogen-bond donors (Lipinski definition) is 2. The third kappa shape index (κ3) is 5.20. The summed E-state index contributed by atoms with van der Waals surface area (Å²) < 4.78 is 0. The molecular formula is C23H24ClN5O2S. The zero-order chi connectivity index (χ0) is 22.7. The summed E-state index contributed by atoms with van der Waals surface area (Å²) in [5.74, 6) is -0.0575. The van der Waals surface area contributed by atoms with E-state index in [-0.39, 0.29) is 5.91 Å². The zero-order valence-corrected chi connectivity index (χ0v) is 19.5. The van der Waals surface area contributed by atoms with E-state index in [0.717, 1.165) is 24.3 Å². The van der Waals surface area contributed by atoms with Gasteiger partial charge in [0.1, 0.15) is 4.88 Å². The maximum atomic E-state index is 13.1. The van der Waals surface area contributed by atoms with Crippen molar-refractivity contribution in [3.05, 3.63) is 69.7 Å². The van der Waals surface area contributed by atoms with Gasteiger partial charge in [0.05, 0.1) is 5.69 Å². The van der Waals surface area contributed by atoms with Gasteiger partial charge in [-0.05, 0) is 49.7 Å². The highest BCUT2D eigenvalue weighted by Crippen LogP contribution is 2.26.